The third-order valence-corrected chi connectivity index (χ3v) is 15.3. The molecule has 4 fully saturated rings. The van der Waals surface area contributed by atoms with Crippen LogP contribution >= 0.6 is 0 Å². The minimum absolute atomic E-state index is 0.0180. The van der Waals surface area contributed by atoms with Crippen LogP contribution in [0.4, 0.5) is 0 Å². The van der Waals surface area contributed by atoms with Crippen molar-refractivity contribution in [1.82, 2.24) is 14.6 Å². The van der Waals surface area contributed by atoms with Crippen LogP contribution in [0, 0.1) is 29.1 Å². The second kappa shape index (κ2) is 16.1. The topological polar surface area (TPSA) is 177 Å². The fraction of sp³-hybridized carbons (Fsp3) is 0.651. The fourth-order valence-corrected chi connectivity index (χ4v) is 10.3. The largest absolute Gasteiger partial charge is 0.497 e. The van der Waals surface area contributed by atoms with E-state index >= 15 is 4.79 Å². The normalized spacial score (nSPS) is 31.0. The van der Waals surface area contributed by atoms with Crippen LogP contribution in [0.1, 0.15) is 91.9 Å². The second-order valence-electron chi connectivity index (χ2n) is 17.8. The average Bonchev–Trinajstić information content (AvgIpc) is 4.06. The summed E-state index contributed by atoms with van der Waals surface area (Å²) in [7, 11) is -0.899. The van der Waals surface area contributed by atoms with Crippen LogP contribution in [0.25, 0.3) is 10.8 Å². The molecule has 2 aromatic rings. The number of amides is 2. The lowest BCUT2D eigenvalue weighted by molar-refractivity contribution is -0.207. The molecule has 1 N–H and O–H groups in total. The molecule has 2 saturated heterocycles. The Hall–Kier alpha value is -4.24. The van der Waals surface area contributed by atoms with Gasteiger partial charge in [0.2, 0.25) is 33.6 Å². The number of ether oxygens (including phenoxy) is 5. The van der Waals surface area contributed by atoms with Gasteiger partial charge in [-0.2, -0.15) is 4.98 Å². The molecule has 7 atom stereocenters. The minimum Gasteiger partial charge on any atom is -0.497 e. The van der Waals surface area contributed by atoms with E-state index in [2.05, 4.69) is 16.6 Å². The number of benzene rings is 1. The third kappa shape index (κ3) is 8.43. The minimum atomic E-state index is -3.97. The number of nitrogens with one attached hydrogen (secondary N) is 1. The summed E-state index contributed by atoms with van der Waals surface area (Å²) < 4.78 is 56.6. The number of hydrogen-bond donors (Lipinski definition) is 1. The van der Waals surface area contributed by atoms with Gasteiger partial charge in [0.15, 0.2) is 11.4 Å². The maximum absolute atomic E-state index is 15.1. The van der Waals surface area contributed by atoms with Crippen LogP contribution < -0.4 is 18.9 Å². The van der Waals surface area contributed by atoms with Crippen LogP contribution in [-0.2, 0) is 38.7 Å². The van der Waals surface area contributed by atoms with Crippen molar-refractivity contribution >= 4 is 44.4 Å². The summed E-state index contributed by atoms with van der Waals surface area (Å²) >= 11 is 0. The van der Waals surface area contributed by atoms with Gasteiger partial charge in [0.25, 0.3) is 0 Å². The number of hydrogen-bond acceptors (Lipinski definition) is 12. The molecule has 0 unspecified atom stereocenters. The molecule has 14 nitrogen and oxygen atoms in total. The molecule has 0 radical (unpaired) electrons. The molecular weight excluding hydrogens is 767 g/mol. The highest BCUT2D eigenvalue weighted by atomic mass is 32.2. The van der Waals surface area contributed by atoms with E-state index in [-0.39, 0.29) is 74.3 Å². The first kappa shape index (κ1) is 41.9. The van der Waals surface area contributed by atoms with E-state index in [0.717, 1.165) is 11.8 Å². The molecule has 0 bridgehead atoms. The maximum Gasteiger partial charge on any atom is 0.307 e. The number of carbonyl (C=O) groups is 4. The number of pyridine rings is 1. The van der Waals surface area contributed by atoms with Gasteiger partial charge in [0, 0.05) is 24.3 Å². The van der Waals surface area contributed by atoms with Crippen LogP contribution in [-0.4, -0.2) is 98.3 Å². The molecule has 0 spiro atoms. The number of rotatable bonds is 11. The molecule has 2 saturated carbocycles. The van der Waals surface area contributed by atoms with E-state index in [1.807, 2.05) is 31.2 Å². The van der Waals surface area contributed by atoms with Crippen molar-refractivity contribution in [3.05, 3.63) is 36.4 Å². The highest BCUT2D eigenvalue weighted by Crippen LogP contribution is 2.58. The van der Waals surface area contributed by atoms with Crippen molar-refractivity contribution in [1.29, 1.82) is 0 Å². The molecule has 4 heterocycles. The number of Topliss-reactive ketones (excluding diaryl/α,β-unsaturated/α-hetero) is 1. The third-order valence-electron chi connectivity index (χ3n) is 13.2. The Labute approximate surface area is 340 Å². The number of sulfonamides is 1. The summed E-state index contributed by atoms with van der Waals surface area (Å²) in [5.41, 5.74) is -2.05. The zero-order chi connectivity index (χ0) is 41.6. The van der Waals surface area contributed by atoms with Gasteiger partial charge in [-0.1, -0.05) is 32.4 Å². The fourth-order valence-electron chi connectivity index (χ4n) is 8.95. The van der Waals surface area contributed by atoms with Crippen molar-refractivity contribution in [2.24, 2.45) is 29.1 Å². The van der Waals surface area contributed by atoms with Crippen LogP contribution in [0.15, 0.2) is 36.4 Å². The lowest BCUT2D eigenvalue weighted by Gasteiger charge is -2.38. The first-order chi connectivity index (χ1) is 27.5. The quantitative estimate of drug-likeness (QED) is 0.229. The summed E-state index contributed by atoms with van der Waals surface area (Å²) in [6.45, 7) is 8.13. The number of fused-ring (bicyclic) bond motifs is 3. The number of esters is 1. The van der Waals surface area contributed by atoms with Crippen LogP contribution in [0.2, 0.25) is 0 Å². The van der Waals surface area contributed by atoms with Gasteiger partial charge in [-0.25, -0.2) is 8.42 Å². The van der Waals surface area contributed by atoms with E-state index in [4.69, 9.17) is 23.7 Å². The molecule has 1 aromatic carbocycles. The number of aromatic nitrogens is 1. The van der Waals surface area contributed by atoms with Crippen molar-refractivity contribution < 1.29 is 51.3 Å². The number of ketones is 1. The Morgan fingerprint density at radius 1 is 1.07 bits per heavy atom. The Morgan fingerprint density at radius 3 is 2.48 bits per heavy atom. The molecule has 5 aliphatic rings. The van der Waals surface area contributed by atoms with E-state index in [9.17, 15) is 22.8 Å². The van der Waals surface area contributed by atoms with E-state index < -0.39 is 55.7 Å². The molecule has 2 amide bonds. The molecule has 316 valence electrons. The molecular formula is C43H57N3O11S. The molecule has 2 aliphatic carbocycles. The maximum atomic E-state index is 15.1. The lowest BCUT2D eigenvalue weighted by Crippen LogP contribution is -2.51. The lowest BCUT2D eigenvalue weighted by atomic mass is 9.79. The van der Waals surface area contributed by atoms with Crippen LogP contribution in [0.3, 0.4) is 0 Å². The SMILES string of the molecule is CC[C@@H]1C[C@@H](C)CC/C=C\[C@@H]2C[C@@]2(C(=O)NS(=O)(=O)C2(C)CC2)CC(=O)[C@@H]2C[C@@H](Oc3nc(OC)cc4cc(OC)ccc34)CN2C(=O)[C@H]1CC(=O)OC1(C)COC1. The Bertz CT molecular complexity index is 2070. The summed E-state index contributed by atoms with van der Waals surface area (Å²) in [6, 6.07) is 6.19. The van der Waals surface area contributed by atoms with Gasteiger partial charge in [-0.3, -0.25) is 23.9 Å². The zero-order valence-corrected chi connectivity index (χ0v) is 35.2. The van der Waals surface area contributed by atoms with Crippen LogP contribution in [0.5, 0.6) is 17.5 Å². The van der Waals surface area contributed by atoms with Crippen molar-refractivity contribution in [2.75, 3.05) is 34.0 Å². The molecule has 1 aromatic heterocycles. The Morgan fingerprint density at radius 2 is 1.83 bits per heavy atom. The second-order valence-corrected chi connectivity index (χ2v) is 20.0. The number of carbonyl (C=O) groups excluding carboxylic acids is 4. The first-order valence-electron chi connectivity index (χ1n) is 20.6. The van der Waals surface area contributed by atoms with Gasteiger partial charge in [-0.05, 0) is 93.7 Å². The molecule has 15 heteroatoms. The van der Waals surface area contributed by atoms with Gasteiger partial charge < -0.3 is 28.6 Å². The summed E-state index contributed by atoms with van der Waals surface area (Å²) in [6.07, 6.45) is 6.96. The standard InChI is InChI=1S/C43H57N3O11S/c1-7-27-16-26(2)10-8-9-11-29-21-43(29,40(50)45-58(51,52)42(4)14-15-42)22-35(47)34-19-31(23-46(34)39(49)33(27)20-37(48)57-41(3)24-55-25-41)56-38-32-13-12-30(53-5)17-28(32)18-36(44-38)54-6/h9,11-13,17-18,26-27,29,31,33-34H,7-8,10,14-16,19-25H2,1-6H3,(H,45,50)/b11-9-/t26-,27+,29+,31+,33-,34-,43+/m0/s1. The van der Waals surface area contributed by atoms with Gasteiger partial charge in [0.1, 0.15) is 11.9 Å². The smallest absolute Gasteiger partial charge is 0.307 e. The summed E-state index contributed by atoms with van der Waals surface area (Å²) in [5.74, 6) is -1.87. The predicted octanol–water partition coefficient (Wildman–Crippen LogP) is 5.31. The van der Waals surface area contributed by atoms with Gasteiger partial charge in [0.05, 0.1) is 62.5 Å². The van der Waals surface area contributed by atoms with Crippen molar-refractivity contribution in [3.63, 3.8) is 0 Å². The first-order valence-corrected chi connectivity index (χ1v) is 22.1. The number of nitrogens with zero attached hydrogens (tertiary/aromatic N) is 2. The van der Waals surface area contributed by atoms with E-state index in [1.165, 1.54) is 12.0 Å². The summed E-state index contributed by atoms with van der Waals surface area (Å²) in [4.78, 5) is 63.7. The molecule has 58 heavy (non-hydrogen) atoms. The highest BCUT2D eigenvalue weighted by Gasteiger charge is 2.63. The van der Waals surface area contributed by atoms with Crippen molar-refractivity contribution in [3.8, 4) is 17.5 Å². The Balaban J connectivity index is 1.24. The molecule has 7 rings (SSSR count). The number of methoxy groups -OCH3 is 2. The average molecular weight is 824 g/mol. The van der Waals surface area contributed by atoms with Gasteiger partial charge in [-0.15, -0.1) is 0 Å². The van der Waals surface area contributed by atoms with Crippen molar-refractivity contribution in [2.45, 2.75) is 114 Å². The number of allylic oxidation sites excluding steroid dienone is 2. The zero-order valence-electron chi connectivity index (χ0n) is 34.4. The summed E-state index contributed by atoms with van der Waals surface area (Å²) in [5, 5.41) is 1.42. The monoisotopic (exact) mass is 823 g/mol. The highest BCUT2D eigenvalue weighted by molar-refractivity contribution is 7.91. The van der Waals surface area contributed by atoms with E-state index in [0.29, 0.717) is 55.5 Å². The molecule has 3 aliphatic heterocycles. The predicted molar refractivity (Wildman–Crippen MR) is 214 cm³/mol. The van der Waals surface area contributed by atoms with E-state index in [1.54, 1.807) is 33.1 Å². The Kier molecular flexibility index (Phi) is 11.6. The van der Waals surface area contributed by atoms with Gasteiger partial charge >= 0.3 is 5.97 Å².